The largest absolute Gasteiger partial charge is 0.377 e. The van der Waals surface area contributed by atoms with E-state index < -0.39 is 5.60 Å². The van der Waals surface area contributed by atoms with Crippen molar-refractivity contribution in [2.24, 2.45) is 35.0 Å². The molecule has 0 heterocycles. The summed E-state index contributed by atoms with van der Waals surface area (Å²) < 4.78 is 0. The van der Waals surface area contributed by atoms with Gasteiger partial charge in [-0.1, -0.05) is 25.3 Å². The fourth-order valence-electron chi connectivity index (χ4n) is 6.84. The van der Waals surface area contributed by atoms with Crippen LogP contribution in [-0.4, -0.2) is 16.5 Å². The lowest BCUT2D eigenvalue weighted by Crippen LogP contribution is -2.53. The number of terminal acetylenes is 1. The Balaban J connectivity index is 1.70. The van der Waals surface area contributed by atoms with Crippen molar-refractivity contribution in [1.29, 1.82) is 0 Å². The predicted molar refractivity (Wildman–Crippen MR) is 90.4 cm³/mol. The quantitative estimate of drug-likeness (QED) is 0.692. The Morgan fingerprint density at radius 2 is 2.09 bits per heavy atom. The molecule has 2 nitrogen and oxygen atoms in total. The molecule has 7 atom stereocenters. The van der Waals surface area contributed by atoms with E-state index in [0.29, 0.717) is 35.4 Å². The lowest BCUT2D eigenvalue weighted by atomic mass is 9.48. The Kier molecular flexibility index (Phi) is 3.34. The van der Waals surface area contributed by atoms with Crippen LogP contribution in [0.25, 0.3) is 0 Å². The molecule has 0 amide bonds. The van der Waals surface area contributed by atoms with Crippen LogP contribution >= 0.6 is 0 Å². The van der Waals surface area contributed by atoms with E-state index in [4.69, 9.17) is 6.42 Å². The van der Waals surface area contributed by atoms with Crippen LogP contribution < -0.4 is 0 Å². The first-order chi connectivity index (χ1) is 10.9. The zero-order valence-corrected chi connectivity index (χ0v) is 14.3. The summed E-state index contributed by atoms with van der Waals surface area (Å²) in [7, 11) is 0. The van der Waals surface area contributed by atoms with E-state index in [2.05, 4.69) is 19.8 Å². The third-order valence-corrected chi connectivity index (χ3v) is 8.03. The fraction of sp³-hybridized carbons (Fsp3) is 0.762. The highest BCUT2D eigenvalue weighted by atomic mass is 16.3. The highest BCUT2D eigenvalue weighted by molar-refractivity contribution is 5.91. The van der Waals surface area contributed by atoms with E-state index in [-0.39, 0.29) is 5.41 Å². The molecule has 23 heavy (non-hydrogen) atoms. The molecule has 1 N–H and O–H groups in total. The predicted octanol–water partition coefficient (Wildman–Crippen LogP) is 3.74. The maximum atomic E-state index is 11.8. The van der Waals surface area contributed by atoms with Crippen LogP contribution in [-0.2, 0) is 4.79 Å². The number of hydrogen-bond donors (Lipinski definition) is 1. The topological polar surface area (TPSA) is 37.3 Å². The van der Waals surface area contributed by atoms with Crippen LogP contribution in [0.4, 0.5) is 0 Å². The standard InChI is InChI=1S/C21H28O2/c1-4-21(23)10-8-18-19-13(2)11-14-12-15(22)5-6-16(14)17(19)7-9-20(18,21)3/h1,12-13,16-19,23H,5-11H2,2-3H3/t13-,16+,17-,18+,19-,20+,21+/m0/s1. The van der Waals surface area contributed by atoms with Gasteiger partial charge < -0.3 is 5.11 Å². The van der Waals surface area contributed by atoms with Crippen LogP contribution in [0, 0.1) is 47.3 Å². The number of aliphatic hydroxyl groups is 1. The lowest BCUT2D eigenvalue weighted by molar-refractivity contribution is -0.117. The zero-order valence-electron chi connectivity index (χ0n) is 14.3. The highest BCUT2D eigenvalue weighted by Gasteiger charge is 2.62. The van der Waals surface area contributed by atoms with Gasteiger partial charge in [-0.3, -0.25) is 4.79 Å². The van der Waals surface area contributed by atoms with Gasteiger partial charge in [0.2, 0.25) is 0 Å². The highest BCUT2D eigenvalue weighted by Crippen LogP contribution is 2.65. The van der Waals surface area contributed by atoms with Gasteiger partial charge in [-0.2, -0.15) is 0 Å². The second kappa shape index (κ2) is 4.96. The number of rotatable bonds is 0. The summed E-state index contributed by atoms with van der Waals surface area (Å²) in [5.74, 6) is 6.17. The molecular weight excluding hydrogens is 284 g/mol. The average molecular weight is 312 g/mol. The van der Waals surface area contributed by atoms with Gasteiger partial charge in [0.15, 0.2) is 5.78 Å². The van der Waals surface area contributed by atoms with Gasteiger partial charge in [-0.05, 0) is 74.2 Å². The summed E-state index contributed by atoms with van der Waals surface area (Å²) in [6, 6.07) is 0. The molecule has 0 bridgehead atoms. The minimum Gasteiger partial charge on any atom is -0.377 e. The number of carbonyl (C=O) groups is 1. The number of allylic oxidation sites excluding steroid dienone is 1. The molecule has 0 spiro atoms. The van der Waals surface area contributed by atoms with E-state index in [1.807, 2.05) is 6.08 Å². The Morgan fingerprint density at radius 1 is 1.30 bits per heavy atom. The van der Waals surface area contributed by atoms with Crippen molar-refractivity contribution < 1.29 is 9.90 Å². The molecule has 3 fully saturated rings. The summed E-state index contributed by atoms with van der Waals surface area (Å²) in [6.45, 7) is 4.59. The summed E-state index contributed by atoms with van der Waals surface area (Å²) in [4.78, 5) is 11.8. The van der Waals surface area contributed by atoms with Crippen LogP contribution in [0.5, 0.6) is 0 Å². The summed E-state index contributed by atoms with van der Waals surface area (Å²) in [5.41, 5.74) is 0.382. The van der Waals surface area contributed by atoms with E-state index in [1.54, 1.807) is 0 Å². The third kappa shape index (κ3) is 1.96. The van der Waals surface area contributed by atoms with Gasteiger partial charge in [-0.15, -0.1) is 6.42 Å². The van der Waals surface area contributed by atoms with Crippen LogP contribution in [0.15, 0.2) is 11.6 Å². The first-order valence-corrected chi connectivity index (χ1v) is 9.33. The zero-order chi connectivity index (χ0) is 16.4. The second-order valence-electron chi connectivity index (χ2n) is 8.86. The van der Waals surface area contributed by atoms with Crippen molar-refractivity contribution in [2.45, 2.75) is 64.4 Å². The Labute approximate surface area is 139 Å². The number of ketones is 1. The first kappa shape index (κ1) is 15.5. The molecule has 0 aromatic heterocycles. The van der Waals surface area contributed by atoms with Gasteiger partial charge in [0.05, 0.1) is 0 Å². The maximum absolute atomic E-state index is 11.8. The fourth-order valence-corrected chi connectivity index (χ4v) is 6.84. The molecule has 0 aromatic rings. The van der Waals surface area contributed by atoms with Crippen molar-refractivity contribution in [3.63, 3.8) is 0 Å². The lowest BCUT2D eigenvalue weighted by Gasteiger charge is -2.56. The Morgan fingerprint density at radius 3 is 2.83 bits per heavy atom. The molecule has 2 heteroatoms. The SMILES string of the molecule is C#C[C@@]1(O)CC[C@@H]2[C@@H]3[C@@H](CC[C@]21C)[C@@H]1CCC(=O)C=C1C[C@@H]3C. The monoisotopic (exact) mass is 312 g/mol. The molecule has 0 unspecified atom stereocenters. The van der Waals surface area contributed by atoms with Gasteiger partial charge >= 0.3 is 0 Å². The van der Waals surface area contributed by atoms with Crippen molar-refractivity contribution >= 4 is 5.78 Å². The first-order valence-electron chi connectivity index (χ1n) is 9.33. The molecule has 0 aliphatic heterocycles. The number of hydrogen-bond acceptors (Lipinski definition) is 2. The van der Waals surface area contributed by atoms with E-state index in [9.17, 15) is 9.90 Å². The van der Waals surface area contributed by atoms with E-state index in [0.717, 1.165) is 44.9 Å². The minimum atomic E-state index is -0.916. The average Bonchev–Trinajstić information content (AvgIpc) is 2.79. The van der Waals surface area contributed by atoms with Crippen molar-refractivity contribution in [3.8, 4) is 12.3 Å². The molecule has 0 saturated heterocycles. The molecule has 3 saturated carbocycles. The van der Waals surface area contributed by atoms with Crippen molar-refractivity contribution in [3.05, 3.63) is 11.6 Å². The molecule has 124 valence electrons. The Hall–Kier alpha value is -1.07. The van der Waals surface area contributed by atoms with Crippen molar-refractivity contribution in [2.75, 3.05) is 0 Å². The van der Waals surface area contributed by atoms with Crippen molar-refractivity contribution in [1.82, 2.24) is 0 Å². The molecule has 4 aliphatic rings. The van der Waals surface area contributed by atoms with E-state index >= 15 is 0 Å². The molecule has 0 aromatic carbocycles. The van der Waals surface area contributed by atoms with Gasteiger partial charge in [0, 0.05) is 11.8 Å². The Bertz CT molecular complexity index is 612. The third-order valence-electron chi connectivity index (χ3n) is 8.03. The summed E-state index contributed by atoms with van der Waals surface area (Å²) in [6.07, 6.45) is 14.5. The van der Waals surface area contributed by atoms with E-state index in [1.165, 1.54) is 5.57 Å². The second-order valence-corrected chi connectivity index (χ2v) is 8.86. The normalized spacial score (nSPS) is 52.0. The smallest absolute Gasteiger partial charge is 0.155 e. The summed E-state index contributed by atoms with van der Waals surface area (Å²) in [5, 5.41) is 11.0. The molecule has 4 aliphatic carbocycles. The minimum absolute atomic E-state index is 0.122. The summed E-state index contributed by atoms with van der Waals surface area (Å²) >= 11 is 0. The van der Waals surface area contributed by atoms with Gasteiger partial charge in [0.1, 0.15) is 5.60 Å². The molecular formula is C21H28O2. The van der Waals surface area contributed by atoms with Crippen LogP contribution in [0.3, 0.4) is 0 Å². The van der Waals surface area contributed by atoms with Gasteiger partial charge in [0.25, 0.3) is 0 Å². The molecule has 4 rings (SSSR count). The maximum Gasteiger partial charge on any atom is 0.155 e. The molecule has 0 radical (unpaired) electrons. The van der Waals surface area contributed by atoms with Crippen LogP contribution in [0.1, 0.15) is 58.8 Å². The number of carbonyl (C=O) groups excluding carboxylic acids is 1. The number of fused-ring (bicyclic) bond motifs is 5. The van der Waals surface area contributed by atoms with Gasteiger partial charge in [-0.25, -0.2) is 0 Å². The van der Waals surface area contributed by atoms with Crippen LogP contribution in [0.2, 0.25) is 0 Å².